The number of ketones is 1. The largest absolute Gasteiger partial charge is 0.436 e. The highest BCUT2D eigenvalue weighted by molar-refractivity contribution is 5.98. The minimum atomic E-state index is -0.537. The summed E-state index contributed by atoms with van der Waals surface area (Å²) in [6, 6.07) is 24.4. The lowest BCUT2D eigenvalue weighted by atomic mass is 10.0. The quantitative estimate of drug-likeness (QED) is 0.394. The molecule has 1 fully saturated rings. The number of benzene rings is 3. The van der Waals surface area contributed by atoms with Gasteiger partial charge in [-0.25, -0.2) is 9.59 Å². The number of aromatic nitrogens is 1. The predicted octanol–water partition coefficient (Wildman–Crippen LogP) is 4.24. The van der Waals surface area contributed by atoms with Gasteiger partial charge >= 0.3 is 11.8 Å². The van der Waals surface area contributed by atoms with Gasteiger partial charge in [0, 0.05) is 44.7 Å². The van der Waals surface area contributed by atoms with Crippen molar-refractivity contribution < 1.29 is 18.7 Å². The third-order valence-electron chi connectivity index (χ3n) is 6.45. The first-order valence-electron chi connectivity index (χ1n) is 12.0. The Morgan fingerprint density at radius 3 is 2.17 bits per heavy atom. The molecule has 3 aromatic carbocycles. The van der Waals surface area contributed by atoms with Crippen molar-refractivity contribution in [3.8, 4) is 0 Å². The fraction of sp³-hybridized carbons (Fsp3) is 0.250. The standard InChI is InChI=1S/C28H27N3O5/c32-24(22-11-12-23-25(19-22)35-27(33)29-23)13-14-30-15-17-31(18-16-30)28(34)36-26(20-7-3-1-4-8-20)21-9-5-2-6-10-21/h1-12,19,26H,13-18H2,(H,29,33). The Kier molecular flexibility index (Phi) is 6.95. The summed E-state index contributed by atoms with van der Waals surface area (Å²) >= 11 is 0. The Morgan fingerprint density at radius 1 is 0.889 bits per heavy atom. The van der Waals surface area contributed by atoms with Crippen LogP contribution >= 0.6 is 0 Å². The second-order valence-electron chi connectivity index (χ2n) is 8.81. The average molecular weight is 486 g/mol. The molecule has 2 heterocycles. The van der Waals surface area contributed by atoms with E-state index >= 15 is 0 Å². The molecule has 0 atom stereocenters. The Morgan fingerprint density at radius 2 is 1.53 bits per heavy atom. The molecule has 4 aromatic rings. The molecule has 1 aliphatic rings. The highest BCUT2D eigenvalue weighted by Gasteiger charge is 2.26. The van der Waals surface area contributed by atoms with Gasteiger partial charge in [-0.3, -0.25) is 14.7 Å². The second-order valence-corrected chi connectivity index (χ2v) is 8.81. The number of amides is 1. The summed E-state index contributed by atoms with van der Waals surface area (Å²) in [4.78, 5) is 43.5. The molecule has 0 spiro atoms. The number of hydrogen-bond donors (Lipinski definition) is 1. The number of nitrogens with one attached hydrogen (secondary N) is 1. The maximum absolute atomic E-state index is 13.0. The SMILES string of the molecule is O=C(CCN1CCN(C(=O)OC(c2ccccc2)c2ccccc2)CC1)c1ccc2[nH]c(=O)oc2c1. The number of ether oxygens (including phenoxy) is 1. The lowest BCUT2D eigenvalue weighted by molar-refractivity contribution is 0.0565. The molecule has 0 bridgehead atoms. The first-order chi connectivity index (χ1) is 17.6. The van der Waals surface area contributed by atoms with Crippen molar-refractivity contribution >= 4 is 23.0 Å². The summed E-state index contributed by atoms with van der Waals surface area (Å²) < 4.78 is 11.0. The Hall–Kier alpha value is -4.17. The fourth-order valence-electron chi connectivity index (χ4n) is 4.44. The van der Waals surface area contributed by atoms with Crippen molar-refractivity contribution in [3.63, 3.8) is 0 Å². The molecule has 0 unspecified atom stereocenters. The Balaban J connectivity index is 1.14. The van der Waals surface area contributed by atoms with E-state index in [4.69, 9.17) is 9.15 Å². The van der Waals surface area contributed by atoms with Gasteiger partial charge in [0.2, 0.25) is 0 Å². The molecule has 1 saturated heterocycles. The van der Waals surface area contributed by atoms with E-state index in [1.807, 2.05) is 60.7 Å². The van der Waals surface area contributed by atoms with Crippen LogP contribution in [0.2, 0.25) is 0 Å². The van der Waals surface area contributed by atoms with E-state index in [0.717, 1.165) is 11.1 Å². The topological polar surface area (TPSA) is 95.9 Å². The Bertz CT molecular complexity index is 1350. The zero-order valence-electron chi connectivity index (χ0n) is 19.8. The van der Waals surface area contributed by atoms with Gasteiger partial charge in [0.1, 0.15) is 0 Å². The van der Waals surface area contributed by atoms with Gasteiger partial charge in [0.15, 0.2) is 17.5 Å². The molecular formula is C28H27N3O5. The van der Waals surface area contributed by atoms with E-state index in [9.17, 15) is 14.4 Å². The highest BCUT2D eigenvalue weighted by atomic mass is 16.6. The van der Waals surface area contributed by atoms with Crippen molar-refractivity contribution in [2.24, 2.45) is 0 Å². The van der Waals surface area contributed by atoms with Crippen molar-refractivity contribution in [3.05, 3.63) is 106 Å². The molecule has 0 radical (unpaired) electrons. The molecular weight excluding hydrogens is 458 g/mol. The van der Waals surface area contributed by atoms with E-state index in [1.54, 1.807) is 23.1 Å². The summed E-state index contributed by atoms with van der Waals surface area (Å²) in [5.41, 5.74) is 3.31. The van der Waals surface area contributed by atoms with Gasteiger partial charge in [-0.2, -0.15) is 0 Å². The van der Waals surface area contributed by atoms with Crippen molar-refractivity contribution in [1.82, 2.24) is 14.8 Å². The minimum absolute atomic E-state index is 0.0175. The van der Waals surface area contributed by atoms with Crippen LogP contribution in [0.4, 0.5) is 4.79 Å². The maximum Gasteiger partial charge on any atom is 0.417 e. The summed E-state index contributed by atoms with van der Waals surface area (Å²) in [6.45, 7) is 2.98. The number of oxazole rings is 1. The van der Waals surface area contributed by atoms with Gasteiger partial charge in [-0.15, -0.1) is 0 Å². The third-order valence-corrected chi connectivity index (χ3v) is 6.45. The number of nitrogens with zero attached hydrogens (tertiary/aromatic N) is 2. The van der Waals surface area contributed by atoms with E-state index in [2.05, 4.69) is 9.88 Å². The molecule has 8 heteroatoms. The summed E-state index contributed by atoms with van der Waals surface area (Å²) in [5.74, 6) is -0.555. The summed E-state index contributed by atoms with van der Waals surface area (Å²) in [6.07, 6.45) is -0.476. The molecule has 5 rings (SSSR count). The van der Waals surface area contributed by atoms with Crippen molar-refractivity contribution in [2.45, 2.75) is 12.5 Å². The molecule has 1 amide bonds. The Labute approximate surface area is 208 Å². The number of carbonyl (C=O) groups excluding carboxylic acids is 2. The van der Waals surface area contributed by atoms with Crippen LogP contribution in [-0.4, -0.2) is 59.4 Å². The predicted molar refractivity (Wildman–Crippen MR) is 135 cm³/mol. The minimum Gasteiger partial charge on any atom is -0.436 e. The van der Waals surface area contributed by atoms with Gasteiger partial charge in [-0.05, 0) is 29.3 Å². The van der Waals surface area contributed by atoms with Crippen LogP contribution in [0.25, 0.3) is 11.1 Å². The number of carbonyl (C=O) groups is 2. The maximum atomic E-state index is 13.0. The number of Topliss-reactive ketones (excluding diaryl/α,β-unsaturated/α-hetero) is 1. The zero-order chi connectivity index (χ0) is 24.9. The van der Waals surface area contributed by atoms with Crippen LogP contribution in [-0.2, 0) is 4.74 Å². The van der Waals surface area contributed by atoms with Crippen LogP contribution in [0.5, 0.6) is 0 Å². The first kappa shape index (κ1) is 23.6. The van der Waals surface area contributed by atoms with Crippen LogP contribution in [0, 0.1) is 0 Å². The molecule has 36 heavy (non-hydrogen) atoms. The van der Waals surface area contributed by atoms with Crippen LogP contribution < -0.4 is 5.76 Å². The van der Waals surface area contributed by atoms with Gasteiger partial charge < -0.3 is 14.1 Å². The molecule has 1 aliphatic heterocycles. The molecule has 1 N–H and O–H groups in total. The molecule has 8 nitrogen and oxygen atoms in total. The normalized spacial score (nSPS) is 14.3. The molecule has 0 saturated carbocycles. The highest BCUT2D eigenvalue weighted by Crippen LogP contribution is 2.27. The van der Waals surface area contributed by atoms with Gasteiger partial charge in [-0.1, -0.05) is 60.7 Å². The van der Waals surface area contributed by atoms with Crippen LogP contribution in [0.3, 0.4) is 0 Å². The lowest BCUT2D eigenvalue weighted by Crippen LogP contribution is -2.49. The van der Waals surface area contributed by atoms with Crippen molar-refractivity contribution in [2.75, 3.05) is 32.7 Å². The monoisotopic (exact) mass is 485 g/mol. The number of hydrogen-bond acceptors (Lipinski definition) is 6. The summed E-state index contributed by atoms with van der Waals surface area (Å²) in [5, 5.41) is 0. The van der Waals surface area contributed by atoms with E-state index in [0.29, 0.717) is 55.8 Å². The first-order valence-corrected chi connectivity index (χ1v) is 12.0. The van der Waals surface area contributed by atoms with Gasteiger partial charge in [0.25, 0.3) is 0 Å². The van der Waals surface area contributed by atoms with E-state index in [-0.39, 0.29) is 11.9 Å². The smallest absolute Gasteiger partial charge is 0.417 e. The zero-order valence-corrected chi connectivity index (χ0v) is 19.8. The number of aromatic amines is 1. The van der Waals surface area contributed by atoms with Crippen LogP contribution in [0.15, 0.2) is 88.1 Å². The molecule has 1 aromatic heterocycles. The van der Waals surface area contributed by atoms with Gasteiger partial charge in [0.05, 0.1) is 5.52 Å². The third kappa shape index (κ3) is 5.39. The average Bonchev–Trinajstić information content (AvgIpc) is 3.30. The number of rotatable bonds is 7. The molecule has 184 valence electrons. The lowest BCUT2D eigenvalue weighted by Gasteiger charge is -2.34. The fourth-order valence-corrected chi connectivity index (χ4v) is 4.44. The van der Waals surface area contributed by atoms with Crippen molar-refractivity contribution in [1.29, 1.82) is 0 Å². The summed E-state index contributed by atoms with van der Waals surface area (Å²) in [7, 11) is 0. The number of piperazine rings is 1. The molecule has 0 aliphatic carbocycles. The second kappa shape index (κ2) is 10.6. The number of H-pyrrole nitrogens is 1. The van der Waals surface area contributed by atoms with E-state index in [1.165, 1.54) is 0 Å². The number of fused-ring (bicyclic) bond motifs is 1. The van der Waals surface area contributed by atoms with E-state index < -0.39 is 11.9 Å². The van der Waals surface area contributed by atoms with Crippen LogP contribution in [0.1, 0.15) is 34.0 Å².